The van der Waals surface area contributed by atoms with Gasteiger partial charge in [0.05, 0.1) is 17.4 Å². The van der Waals surface area contributed by atoms with Gasteiger partial charge >= 0.3 is 0 Å². The predicted octanol–water partition coefficient (Wildman–Crippen LogP) is 0.500. The van der Waals surface area contributed by atoms with Gasteiger partial charge in [-0.05, 0) is 19.8 Å². The van der Waals surface area contributed by atoms with E-state index in [2.05, 4.69) is 9.97 Å². The minimum Gasteiger partial charge on any atom is -0.388 e. The van der Waals surface area contributed by atoms with Crippen LogP contribution < -0.4 is 4.90 Å². The molecule has 1 saturated heterocycles. The summed E-state index contributed by atoms with van der Waals surface area (Å²) in [6.07, 6.45) is 1.29. The summed E-state index contributed by atoms with van der Waals surface area (Å²) < 4.78 is 14.1. The molecule has 1 aliphatic rings. The summed E-state index contributed by atoms with van der Waals surface area (Å²) in [5.74, 6) is -0.231. The highest BCUT2D eigenvalue weighted by Crippen LogP contribution is 2.27. The van der Waals surface area contributed by atoms with Crippen molar-refractivity contribution in [1.82, 2.24) is 9.97 Å². The summed E-state index contributed by atoms with van der Waals surface area (Å²) in [6, 6.07) is 0. The third kappa shape index (κ3) is 2.30. The molecule has 1 aliphatic heterocycles. The first-order valence-electron chi connectivity index (χ1n) is 6.10. The first-order chi connectivity index (χ1) is 8.45. The second-order valence-corrected chi connectivity index (χ2v) is 4.88. The van der Waals surface area contributed by atoms with Crippen molar-refractivity contribution in [3.8, 4) is 0 Å². The maximum absolute atomic E-state index is 14.1. The molecule has 0 aromatic carbocycles. The molecule has 0 aliphatic carbocycles. The topological polar surface area (TPSA) is 69.5 Å². The number of halogens is 1. The van der Waals surface area contributed by atoms with Crippen molar-refractivity contribution in [3.05, 3.63) is 17.8 Å². The zero-order chi connectivity index (χ0) is 13.3. The number of hydrogen-bond acceptors (Lipinski definition) is 5. The predicted molar refractivity (Wildman–Crippen MR) is 64.8 cm³/mol. The SMILES string of the molecule is CCc1ncnc(N2CCC(C)(O)C(O)C2)c1F. The van der Waals surface area contributed by atoms with E-state index in [0.717, 1.165) is 0 Å². The summed E-state index contributed by atoms with van der Waals surface area (Å²) in [4.78, 5) is 9.47. The van der Waals surface area contributed by atoms with Gasteiger partial charge in [-0.15, -0.1) is 0 Å². The first kappa shape index (κ1) is 13.2. The van der Waals surface area contributed by atoms with E-state index in [4.69, 9.17) is 0 Å². The Morgan fingerprint density at radius 3 is 2.89 bits per heavy atom. The highest BCUT2D eigenvalue weighted by atomic mass is 19.1. The normalized spacial score (nSPS) is 28.5. The molecule has 18 heavy (non-hydrogen) atoms. The quantitative estimate of drug-likeness (QED) is 0.805. The summed E-state index contributed by atoms with van der Waals surface area (Å²) in [5.41, 5.74) is -0.750. The number of aromatic nitrogens is 2. The molecule has 2 rings (SSSR count). The van der Waals surface area contributed by atoms with Crippen LogP contribution in [0, 0.1) is 5.82 Å². The van der Waals surface area contributed by atoms with Crippen molar-refractivity contribution >= 4 is 5.82 Å². The molecule has 2 N–H and O–H groups in total. The Hall–Kier alpha value is -1.27. The molecule has 2 atom stereocenters. The molecule has 5 nitrogen and oxygen atoms in total. The van der Waals surface area contributed by atoms with Gasteiger partial charge in [-0.25, -0.2) is 14.4 Å². The van der Waals surface area contributed by atoms with Crippen LogP contribution >= 0.6 is 0 Å². The fraction of sp³-hybridized carbons (Fsp3) is 0.667. The molecule has 0 radical (unpaired) electrons. The minimum atomic E-state index is -1.12. The van der Waals surface area contributed by atoms with Crippen LogP contribution in [-0.2, 0) is 6.42 Å². The van der Waals surface area contributed by atoms with Crippen molar-refractivity contribution < 1.29 is 14.6 Å². The van der Waals surface area contributed by atoms with Crippen molar-refractivity contribution in [1.29, 1.82) is 0 Å². The number of β-amino-alcohol motifs (C(OH)–C–C–N with tert-alkyl or cyclic N) is 1. The van der Waals surface area contributed by atoms with Crippen LogP contribution in [0.15, 0.2) is 6.33 Å². The lowest BCUT2D eigenvalue weighted by Crippen LogP contribution is -2.54. The monoisotopic (exact) mass is 255 g/mol. The van der Waals surface area contributed by atoms with E-state index in [1.807, 2.05) is 6.92 Å². The van der Waals surface area contributed by atoms with E-state index in [9.17, 15) is 14.6 Å². The maximum Gasteiger partial charge on any atom is 0.187 e. The molecule has 0 bridgehead atoms. The number of nitrogens with zero attached hydrogens (tertiary/aromatic N) is 3. The minimum absolute atomic E-state index is 0.171. The number of aliphatic hydroxyl groups is 2. The molecule has 0 amide bonds. The number of piperidine rings is 1. The molecule has 1 aromatic rings. The van der Waals surface area contributed by atoms with Crippen LogP contribution in [-0.4, -0.2) is 45.0 Å². The Bertz CT molecular complexity index is 439. The highest BCUT2D eigenvalue weighted by molar-refractivity contribution is 5.42. The molecule has 6 heteroatoms. The molecular weight excluding hydrogens is 237 g/mol. The van der Waals surface area contributed by atoms with Gasteiger partial charge in [-0.2, -0.15) is 0 Å². The molecule has 100 valence electrons. The fourth-order valence-corrected chi connectivity index (χ4v) is 2.08. The van der Waals surface area contributed by atoms with E-state index in [0.29, 0.717) is 25.1 Å². The second kappa shape index (κ2) is 4.78. The smallest absolute Gasteiger partial charge is 0.187 e. The van der Waals surface area contributed by atoms with E-state index >= 15 is 0 Å². The van der Waals surface area contributed by atoms with Crippen molar-refractivity contribution in [2.45, 2.75) is 38.4 Å². The fourth-order valence-electron chi connectivity index (χ4n) is 2.08. The molecule has 1 fully saturated rings. The summed E-state index contributed by atoms with van der Waals surface area (Å²) >= 11 is 0. The second-order valence-electron chi connectivity index (χ2n) is 4.88. The van der Waals surface area contributed by atoms with E-state index in [1.165, 1.54) is 6.33 Å². The Morgan fingerprint density at radius 2 is 2.28 bits per heavy atom. The van der Waals surface area contributed by atoms with Crippen LogP contribution in [0.4, 0.5) is 10.2 Å². The van der Waals surface area contributed by atoms with Gasteiger partial charge in [0.25, 0.3) is 0 Å². The zero-order valence-corrected chi connectivity index (χ0v) is 10.6. The summed E-state index contributed by atoms with van der Waals surface area (Å²) in [5, 5.41) is 19.7. The third-order valence-electron chi connectivity index (χ3n) is 3.48. The standard InChI is InChI=1S/C12H18FN3O2/c1-3-8-10(13)11(15-7-14-8)16-5-4-12(2,18)9(17)6-16/h7,9,17-18H,3-6H2,1-2H3. The van der Waals surface area contributed by atoms with E-state index in [1.54, 1.807) is 11.8 Å². The summed E-state index contributed by atoms with van der Waals surface area (Å²) in [7, 11) is 0. The average Bonchev–Trinajstić information content (AvgIpc) is 2.33. The summed E-state index contributed by atoms with van der Waals surface area (Å²) in [6.45, 7) is 4.04. The van der Waals surface area contributed by atoms with E-state index < -0.39 is 17.5 Å². The molecule has 0 spiro atoms. The average molecular weight is 255 g/mol. The van der Waals surface area contributed by atoms with Crippen LogP contribution in [0.1, 0.15) is 26.0 Å². The Labute approximate surface area is 105 Å². The molecule has 1 aromatic heterocycles. The molecule has 2 unspecified atom stereocenters. The number of rotatable bonds is 2. The number of aliphatic hydroxyl groups excluding tert-OH is 1. The van der Waals surface area contributed by atoms with Gasteiger partial charge in [0.2, 0.25) is 0 Å². The number of aryl methyl sites for hydroxylation is 1. The largest absolute Gasteiger partial charge is 0.388 e. The number of hydrogen-bond donors (Lipinski definition) is 2. The Kier molecular flexibility index (Phi) is 3.49. The van der Waals surface area contributed by atoms with Gasteiger partial charge in [0.1, 0.15) is 6.33 Å². The van der Waals surface area contributed by atoms with Crippen LogP contribution in [0.3, 0.4) is 0 Å². The third-order valence-corrected chi connectivity index (χ3v) is 3.48. The molecule has 0 saturated carbocycles. The van der Waals surface area contributed by atoms with E-state index in [-0.39, 0.29) is 12.4 Å². The van der Waals surface area contributed by atoms with Gasteiger partial charge in [-0.1, -0.05) is 6.92 Å². The van der Waals surface area contributed by atoms with Crippen molar-refractivity contribution in [2.75, 3.05) is 18.0 Å². The Morgan fingerprint density at radius 1 is 1.56 bits per heavy atom. The van der Waals surface area contributed by atoms with Gasteiger partial charge in [0, 0.05) is 13.1 Å². The lowest BCUT2D eigenvalue weighted by Gasteiger charge is -2.40. The highest BCUT2D eigenvalue weighted by Gasteiger charge is 2.37. The van der Waals surface area contributed by atoms with Crippen LogP contribution in [0.25, 0.3) is 0 Å². The lowest BCUT2D eigenvalue weighted by molar-refractivity contribution is -0.0723. The van der Waals surface area contributed by atoms with Crippen LogP contribution in [0.5, 0.6) is 0 Å². The Balaban J connectivity index is 2.24. The van der Waals surface area contributed by atoms with Crippen molar-refractivity contribution in [3.63, 3.8) is 0 Å². The zero-order valence-electron chi connectivity index (χ0n) is 10.6. The first-order valence-corrected chi connectivity index (χ1v) is 6.10. The van der Waals surface area contributed by atoms with Gasteiger partial charge in [0.15, 0.2) is 11.6 Å². The molecule has 2 heterocycles. The molecular formula is C12H18FN3O2. The number of anilines is 1. The van der Waals surface area contributed by atoms with Crippen LogP contribution in [0.2, 0.25) is 0 Å². The maximum atomic E-state index is 14.1. The van der Waals surface area contributed by atoms with Gasteiger partial charge < -0.3 is 15.1 Å². The lowest BCUT2D eigenvalue weighted by atomic mass is 9.91. The van der Waals surface area contributed by atoms with Gasteiger partial charge in [-0.3, -0.25) is 0 Å². The van der Waals surface area contributed by atoms with Crippen molar-refractivity contribution in [2.24, 2.45) is 0 Å².